The van der Waals surface area contributed by atoms with Gasteiger partial charge in [-0.3, -0.25) is 5.43 Å². The van der Waals surface area contributed by atoms with Gasteiger partial charge in [-0.2, -0.15) is 5.10 Å². The van der Waals surface area contributed by atoms with Crippen molar-refractivity contribution in [2.45, 2.75) is 19.3 Å². The first-order valence-corrected chi connectivity index (χ1v) is 8.70. The van der Waals surface area contributed by atoms with Crippen molar-refractivity contribution in [3.8, 4) is 0 Å². The zero-order valence-corrected chi connectivity index (χ0v) is 15.8. The third-order valence-electron chi connectivity index (χ3n) is 4.52. The van der Waals surface area contributed by atoms with Crippen molar-refractivity contribution >= 4 is 34.9 Å². The zero-order valence-electron chi connectivity index (χ0n) is 15.0. The van der Waals surface area contributed by atoms with Crippen LogP contribution in [0.15, 0.2) is 65.4 Å². The molecule has 4 nitrogen and oxygen atoms in total. The van der Waals surface area contributed by atoms with Crippen LogP contribution in [-0.2, 0) is 5.41 Å². The fourth-order valence-corrected chi connectivity index (χ4v) is 3.37. The standard InChI is InChI=1S/C20H21FN4S/c1-20(2)16-6-4-5-7-17(16)25(3)18(20)12-13-22-24-19(26)23-15-10-8-14(21)9-11-15/h4-13H,1-3H3,(H2,23,24,26)/b18-12-,22-13-. The van der Waals surface area contributed by atoms with Crippen LogP contribution in [0.1, 0.15) is 19.4 Å². The van der Waals surface area contributed by atoms with E-state index in [0.717, 1.165) is 5.70 Å². The number of hydrogen-bond donors (Lipinski definition) is 2. The quantitative estimate of drug-likeness (QED) is 0.478. The van der Waals surface area contributed by atoms with E-state index in [1.54, 1.807) is 18.3 Å². The van der Waals surface area contributed by atoms with Crippen LogP contribution in [0.25, 0.3) is 0 Å². The Kier molecular flexibility index (Phi) is 5.04. The molecule has 0 amide bonds. The molecule has 6 heteroatoms. The fourth-order valence-electron chi connectivity index (χ4n) is 3.20. The minimum absolute atomic E-state index is 0.0930. The number of hydrogen-bond acceptors (Lipinski definition) is 3. The summed E-state index contributed by atoms with van der Waals surface area (Å²) in [4.78, 5) is 2.18. The van der Waals surface area contributed by atoms with Crippen LogP contribution < -0.4 is 15.6 Å². The number of allylic oxidation sites excluding steroid dienone is 2. The number of rotatable bonds is 3. The lowest BCUT2D eigenvalue weighted by atomic mass is 9.84. The van der Waals surface area contributed by atoms with Gasteiger partial charge in [-0.15, -0.1) is 0 Å². The molecule has 0 unspecified atom stereocenters. The SMILES string of the molecule is CN1/C(=C\C=N/NC(=S)Nc2ccc(F)cc2)C(C)(C)c2ccccc21. The molecule has 3 rings (SSSR count). The van der Waals surface area contributed by atoms with Crippen LogP contribution >= 0.6 is 12.2 Å². The van der Waals surface area contributed by atoms with Gasteiger partial charge in [0, 0.05) is 35.7 Å². The van der Waals surface area contributed by atoms with Crippen molar-refractivity contribution < 1.29 is 4.39 Å². The summed E-state index contributed by atoms with van der Waals surface area (Å²) in [5.74, 6) is -0.289. The Balaban J connectivity index is 1.64. The Hall–Kier alpha value is -2.73. The third-order valence-corrected chi connectivity index (χ3v) is 4.71. The second-order valence-electron chi connectivity index (χ2n) is 6.60. The van der Waals surface area contributed by atoms with Gasteiger partial charge in [0.25, 0.3) is 0 Å². The number of anilines is 2. The molecule has 0 saturated carbocycles. The number of likely N-dealkylation sites (N-methyl/N-ethyl adjacent to an activating group) is 1. The van der Waals surface area contributed by atoms with Crippen molar-refractivity contribution in [1.29, 1.82) is 0 Å². The highest BCUT2D eigenvalue weighted by molar-refractivity contribution is 7.80. The van der Waals surface area contributed by atoms with Gasteiger partial charge in [0.05, 0.1) is 0 Å². The van der Waals surface area contributed by atoms with Crippen molar-refractivity contribution in [2.75, 3.05) is 17.3 Å². The van der Waals surface area contributed by atoms with Crippen molar-refractivity contribution in [3.05, 3.63) is 71.7 Å². The lowest BCUT2D eigenvalue weighted by Gasteiger charge is -2.23. The highest BCUT2D eigenvalue weighted by atomic mass is 32.1. The van der Waals surface area contributed by atoms with E-state index in [1.807, 2.05) is 12.1 Å². The number of para-hydroxylation sites is 1. The summed E-state index contributed by atoms with van der Waals surface area (Å²) in [7, 11) is 2.06. The zero-order chi connectivity index (χ0) is 18.7. The van der Waals surface area contributed by atoms with E-state index in [2.05, 4.69) is 59.8 Å². The minimum Gasteiger partial charge on any atom is -0.347 e. The lowest BCUT2D eigenvalue weighted by Crippen LogP contribution is -2.24. The highest BCUT2D eigenvalue weighted by Gasteiger charge is 2.37. The van der Waals surface area contributed by atoms with E-state index in [0.29, 0.717) is 10.8 Å². The average Bonchev–Trinajstić information content (AvgIpc) is 2.81. The van der Waals surface area contributed by atoms with E-state index in [1.165, 1.54) is 23.4 Å². The summed E-state index contributed by atoms with van der Waals surface area (Å²) in [6.07, 6.45) is 3.67. The summed E-state index contributed by atoms with van der Waals surface area (Å²) < 4.78 is 12.9. The topological polar surface area (TPSA) is 39.7 Å². The molecule has 0 aromatic heterocycles. The number of fused-ring (bicyclic) bond motifs is 1. The number of nitrogens with one attached hydrogen (secondary N) is 2. The maximum atomic E-state index is 12.9. The molecule has 0 radical (unpaired) electrons. The van der Waals surface area contributed by atoms with Crippen LogP contribution in [0.5, 0.6) is 0 Å². The number of nitrogens with zero attached hydrogens (tertiary/aromatic N) is 2. The van der Waals surface area contributed by atoms with Gasteiger partial charge in [-0.1, -0.05) is 32.0 Å². The van der Waals surface area contributed by atoms with Crippen LogP contribution in [0.4, 0.5) is 15.8 Å². The maximum Gasteiger partial charge on any atom is 0.191 e. The molecule has 2 aromatic carbocycles. The highest BCUT2D eigenvalue weighted by Crippen LogP contribution is 2.46. The molecule has 0 saturated heterocycles. The molecular formula is C20H21FN4S. The lowest BCUT2D eigenvalue weighted by molar-refractivity contribution is 0.628. The Bertz CT molecular complexity index is 872. The molecule has 1 aliphatic rings. The van der Waals surface area contributed by atoms with E-state index >= 15 is 0 Å². The minimum atomic E-state index is -0.289. The molecule has 0 spiro atoms. The maximum absolute atomic E-state index is 12.9. The summed E-state index contributed by atoms with van der Waals surface area (Å²) in [6.45, 7) is 4.40. The van der Waals surface area contributed by atoms with E-state index in [-0.39, 0.29) is 11.2 Å². The van der Waals surface area contributed by atoms with E-state index in [9.17, 15) is 4.39 Å². The second kappa shape index (κ2) is 7.25. The van der Waals surface area contributed by atoms with Gasteiger partial charge in [-0.05, 0) is 54.2 Å². The van der Waals surface area contributed by atoms with Crippen LogP contribution in [0, 0.1) is 5.82 Å². The predicted octanol–water partition coefficient (Wildman–Crippen LogP) is 4.41. The van der Waals surface area contributed by atoms with Crippen LogP contribution in [-0.4, -0.2) is 18.4 Å². The fraction of sp³-hybridized carbons (Fsp3) is 0.200. The predicted molar refractivity (Wildman–Crippen MR) is 110 cm³/mol. The largest absolute Gasteiger partial charge is 0.347 e. The van der Waals surface area contributed by atoms with Gasteiger partial charge >= 0.3 is 0 Å². The molecule has 26 heavy (non-hydrogen) atoms. The van der Waals surface area contributed by atoms with Crippen molar-refractivity contribution in [2.24, 2.45) is 5.10 Å². The van der Waals surface area contributed by atoms with Crippen LogP contribution in [0.3, 0.4) is 0 Å². The average molecular weight is 368 g/mol. The van der Waals surface area contributed by atoms with Gasteiger partial charge in [0.1, 0.15) is 5.82 Å². The van der Waals surface area contributed by atoms with E-state index < -0.39 is 0 Å². The summed E-state index contributed by atoms with van der Waals surface area (Å²) in [6, 6.07) is 14.3. The molecule has 1 heterocycles. The summed E-state index contributed by atoms with van der Waals surface area (Å²) in [5, 5.41) is 7.44. The first-order chi connectivity index (χ1) is 12.4. The number of halogens is 1. The molecule has 1 aliphatic heterocycles. The van der Waals surface area contributed by atoms with Gasteiger partial charge in [0.2, 0.25) is 0 Å². The molecule has 134 valence electrons. The van der Waals surface area contributed by atoms with Crippen molar-refractivity contribution in [1.82, 2.24) is 5.43 Å². The smallest absolute Gasteiger partial charge is 0.191 e. The number of hydrazone groups is 1. The molecule has 0 fully saturated rings. The molecule has 0 bridgehead atoms. The Morgan fingerprint density at radius 3 is 2.54 bits per heavy atom. The molecule has 2 N–H and O–H groups in total. The van der Waals surface area contributed by atoms with Gasteiger partial charge in [0.15, 0.2) is 5.11 Å². The second-order valence-corrected chi connectivity index (χ2v) is 7.01. The third kappa shape index (κ3) is 3.60. The molecule has 0 atom stereocenters. The Labute approximate surface area is 158 Å². The van der Waals surface area contributed by atoms with E-state index in [4.69, 9.17) is 12.2 Å². The monoisotopic (exact) mass is 368 g/mol. The molecule has 0 aliphatic carbocycles. The Morgan fingerprint density at radius 1 is 1.15 bits per heavy atom. The Morgan fingerprint density at radius 2 is 1.85 bits per heavy atom. The van der Waals surface area contributed by atoms with Gasteiger partial charge < -0.3 is 10.2 Å². The normalized spacial score (nSPS) is 16.8. The first-order valence-electron chi connectivity index (χ1n) is 8.29. The number of thiocarbonyl (C=S) groups is 1. The molecular weight excluding hydrogens is 347 g/mol. The van der Waals surface area contributed by atoms with Crippen molar-refractivity contribution in [3.63, 3.8) is 0 Å². The van der Waals surface area contributed by atoms with Gasteiger partial charge in [-0.25, -0.2) is 4.39 Å². The summed E-state index contributed by atoms with van der Waals surface area (Å²) in [5.41, 5.74) is 7.03. The number of benzene rings is 2. The summed E-state index contributed by atoms with van der Waals surface area (Å²) >= 11 is 5.18. The molecule has 2 aromatic rings. The first kappa shape index (κ1) is 18.1. The van der Waals surface area contributed by atoms with Crippen LogP contribution in [0.2, 0.25) is 0 Å².